The van der Waals surface area contributed by atoms with E-state index >= 15 is 0 Å². The van der Waals surface area contributed by atoms with Crippen LogP contribution in [-0.4, -0.2) is 74.6 Å². The van der Waals surface area contributed by atoms with Crippen molar-refractivity contribution in [2.75, 3.05) is 33.2 Å². The minimum Gasteiger partial charge on any atom is -0.352 e. The highest BCUT2D eigenvalue weighted by atomic mass is 35.5. The van der Waals surface area contributed by atoms with E-state index in [4.69, 9.17) is 5.73 Å². The van der Waals surface area contributed by atoms with Crippen LogP contribution in [-0.2, 0) is 11.3 Å². The number of hydrogen-bond donors (Lipinski definition) is 2. The standard InChI is InChI=1S/C36H44FN7O3.ClH/c1-36(2,38)34(46)40-28-12-14-29(15-13-28)44-33(45)31-21-27(37)22-39-32(31)43(35(44)47)30-7-4-6-26(20-30)25-10-8-24(9-11-25)23-42-17-5-16-41(3)18-19-42;/h4,6-11,20-22,28-29H,5,12-19,23,38H2,1-3H3,(H,40,46);1H. The van der Waals surface area contributed by atoms with Crippen molar-refractivity contribution >= 4 is 29.3 Å². The van der Waals surface area contributed by atoms with Gasteiger partial charge in [0.1, 0.15) is 5.82 Å². The first-order valence-corrected chi connectivity index (χ1v) is 16.5. The minimum atomic E-state index is -1.00. The molecule has 0 radical (unpaired) electrons. The second-order valence-electron chi connectivity index (χ2n) is 13.7. The predicted octanol–water partition coefficient (Wildman–Crippen LogP) is 4.25. The van der Waals surface area contributed by atoms with E-state index in [9.17, 15) is 18.8 Å². The third-order valence-electron chi connectivity index (χ3n) is 9.48. The number of nitrogens with zero attached hydrogens (tertiary/aromatic N) is 5. The zero-order chi connectivity index (χ0) is 33.3. The van der Waals surface area contributed by atoms with Gasteiger partial charge < -0.3 is 16.0 Å². The summed E-state index contributed by atoms with van der Waals surface area (Å²) < 4.78 is 17.1. The number of benzene rings is 2. The van der Waals surface area contributed by atoms with Gasteiger partial charge in [-0.15, -0.1) is 12.4 Å². The molecule has 1 saturated carbocycles. The second kappa shape index (κ2) is 14.7. The average Bonchev–Trinajstić information content (AvgIpc) is 3.25. The molecule has 1 aliphatic heterocycles. The average molecular weight is 678 g/mol. The Labute approximate surface area is 286 Å². The van der Waals surface area contributed by atoms with Gasteiger partial charge in [-0.3, -0.25) is 19.1 Å². The lowest BCUT2D eigenvalue weighted by atomic mass is 9.90. The number of rotatable bonds is 7. The molecule has 2 aliphatic rings. The molecule has 48 heavy (non-hydrogen) atoms. The van der Waals surface area contributed by atoms with Gasteiger partial charge in [-0.25, -0.2) is 18.7 Å². The Bertz CT molecular complexity index is 1880. The molecule has 6 rings (SSSR count). The molecular formula is C36H45ClFN7O3. The van der Waals surface area contributed by atoms with Crippen molar-refractivity contribution in [3.63, 3.8) is 0 Å². The van der Waals surface area contributed by atoms with Gasteiger partial charge >= 0.3 is 5.69 Å². The molecule has 1 saturated heterocycles. The topological polar surface area (TPSA) is 118 Å². The number of carbonyl (C=O) groups is 1. The number of nitrogens with two attached hydrogens (primary N) is 1. The van der Waals surface area contributed by atoms with Crippen LogP contribution in [0.4, 0.5) is 4.39 Å². The van der Waals surface area contributed by atoms with Crippen LogP contribution in [0.5, 0.6) is 0 Å². The second-order valence-corrected chi connectivity index (χ2v) is 13.7. The summed E-state index contributed by atoms with van der Waals surface area (Å²) in [6.07, 6.45) is 4.35. The Balaban J connectivity index is 0.00000451. The first kappa shape index (κ1) is 35.4. The van der Waals surface area contributed by atoms with Gasteiger partial charge in [0, 0.05) is 31.7 Å². The zero-order valence-electron chi connectivity index (χ0n) is 27.8. The summed E-state index contributed by atoms with van der Waals surface area (Å²) >= 11 is 0. The molecular weight excluding hydrogens is 633 g/mol. The van der Waals surface area contributed by atoms with Gasteiger partial charge in [0.05, 0.1) is 22.8 Å². The molecule has 4 aromatic rings. The van der Waals surface area contributed by atoms with E-state index in [0.29, 0.717) is 31.4 Å². The van der Waals surface area contributed by atoms with E-state index in [1.165, 1.54) is 14.7 Å². The van der Waals surface area contributed by atoms with Crippen molar-refractivity contribution in [2.24, 2.45) is 5.73 Å². The smallest absolute Gasteiger partial charge is 0.337 e. The largest absolute Gasteiger partial charge is 0.352 e. The molecule has 2 aromatic carbocycles. The van der Waals surface area contributed by atoms with Crippen LogP contribution in [0.3, 0.4) is 0 Å². The van der Waals surface area contributed by atoms with Gasteiger partial charge in [-0.2, -0.15) is 0 Å². The van der Waals surface area contributed by atoms with E-state index in [-0.39, 0.29) is 35.4 Å². The molecule has 0 atom stereocenters. The lowest BCUT2D eigenvalue weighted by Crippen LogP contribution is -2.53. The lowest BCUT2D eigenvalue weighted by Gasteiger charge is -2.32. The zero-order valence-corrected chi connectivity index (χ0v) is 28.6. The van der Waals surface area contributed by atoms with Crippen molar-refractivity contribution in [1.29, 1.82) is 0 Å². The van der Waals surface area contributed by atoms with Crippen LogP contribution in [0.2, 0.25) is 0 Å². The van der Waals surface area contributed by atoms with Crippen LogP contribution in [0, 0.1) is 5.82 Å². The Kier molecular flexibility index (Phi) is 10.8. The predicted molar refractivity (Wildman–Crippen MR) is 189 cm³/mol. The maximum Gasteiger partial charge on any atom is 0.337 e. The number of fused-ring (bicyclic) bond motifs is 1. The molecule has 256 valence electrons. The molecule has 1 aliphatic carbocycles. The Morgan fingerprint density at radius 2 is 1.71 bits per heavy atom. The number of amides is 1. The summed E-state index contributed by atoms with van der Waals surface area (Å²) in [5.74, 6) is -0.893. The SMILES string of the molecule is CN1CCCN(Cc2ccc(-c3cccc(-n4c(=O)n(C5CCC(NC(=O)C(C)(C)N)CC5)c(=O)c5cc(F)cnc54)c3)cc2)CC1.Cl. The number of carbonyl (C=O) groups excluding carboxylic acids is 1. The van der Waals surface area contributed by atoms with Crippen LogP contribution < -0.4 is 22.3 Å². The Morgan fingerprint density at radius 3 is 2.42 bits per heavy atom. The Morgan fingerprint density at radius 1 is 0.979 bits per heavy atom. The molecule has 3 heterocycles. The molecule has 2 aromatic heterocycles. The van der Waals surface area contributed by atoms with Crippen LogP contribution in [0.1, 0.15) is 57.6 Å². The van der Waals surface area contributed by atoms with Gasteiger partial charge in [0.2, 0.25) is 5.91 Å². The molecule has 0 spiro atoms. The van der Waals surface area contributed by atoms with E-state index in [1.54, 1.807) is 19.9 Å². The number of likely N-dealkylation sites (N-methyl/N-ethyl adjacent to an activating group) is 1. The lowest BCUT2D eigenvalue weighted by molar-refractivity contribution is -0.126. The minimum absolute atomic E-state index is 0. The highest BCUT2D eigenvalue weighted by Gasteiger charge is 2.30. The van der Waals surface area contributed by atoms with E-state index in [1.807, 2.05) is 18.2 Å². The number of nitrogens with one attached hydrogen (secondary N) is 1. The third-order valence-corrected chi connectivity index (χ3v) is 9.48. The fourth-order valence-electron chi connectivity index (χ4n) is 6.73. The highest BCUT2D eigenvalue weighted by Crippen LogP contribution is 2.29. The van der Waals surface area contributed by atoms with Crippen LogP contribution in [0.15, 0.2) is 70.4 Å². The highest BCUT2D eigenvalue weighted by molar-refractivity contribution is 5.85. The summed E-state index contributed by atoms with van der Waals surface area (Å²) in [6.45, 7) is 8.53. The van der Waals surface area contributed by atoms with E-state index in [2.05, 4.69) is 51.4 Å². The fraction of sp³-hybridized carbons (Fsp3) is 0.444. The summed E-state index contributed by atoms with van der Waals surface area (Å²) in [6, 6.07) is 16.7. The number of halogens is 2. The first-order chi connectivity index (χ1) is 22.5. The fourth-order valence-corrected chi connectivity index (χ4v) is 6.73. The van der Waals surface area contributed by atoms with Crippen LogP contribution in [0.25, 0.3) is 27.8 Å². The third kappa shape index (κ3) is 7.70. The molecule has 1 amide bonds. The first-order valence-electron chi connectivity index (χ1n) is 16.5. The number of pyridine rings is 1. The molecule has 2 fully saturated rings. The van der Waals surface area contributed by atoms with Gasteiger partial charge in [0.15, 0.2) is 5.65 Å². The van der Waals surface area contributed by atoms with Crippen LogP contribution >= 0.6 is 12.4 Å². The van der Waals surface area contributed by atoms with Gasteiger partial charge in [0.25, 0.3) is 5.56 Å². The van der Waals surface area contributed by atoms with E-state index < -0.39 is 28.6 Å². The van der Waals surface area contributed by atoms with Gasteiger partial charge in [-0.05, 0) is 101 Å². The molecule has 3 N–H and O–H groups in total. The van der Waals surface area contributed by atoms with Crippen molar-refractivity contribution in [3.8, 4) is 16.8 Å². The maximum absolute atomic E-state index is 14.4. The van der Waals surface area contributed by atoms with Crippen molar-refractivity contribution in [2.45, 2.75) is 70.1 Å². The van der Waals surface area contributed by atoms with Crippen molar-refractivity contribution in [1.82, 2.24) is 29.2 Å². The normalized spacial score (nSPS) is 19.4. The number of aromatic nitrogens is 3. The number of hydrogen-bond acceptors (Lipinski definition) is 7. The van der Waals surface area contributed by atoms with Crippen molar-refractivity contribution in [3.05, 3.63) is 93.0 Å². The summed E-state index contributed by atoms with van der Waals surface area (Å²) in [4.78, 5) is 49.4. The van der Waals surface area contributed by atoms with Crippen molar-refractivity contribution < 1.29 is 9.18 Å². The quantitative estimate of drug-likeness (QED) is 0.300. The molecule has 12 heteroatoms. The summed E-state index contributed by atoms with van der Waals surface area (Å²) in [5.41, 5.74) is 7.66. The Hall–Kier alpha value is -3.90. The summed E-state index contributed by atoms with van der Waals surface area (Å²) in [7, 11) is 2.17. The molecule has 10 nitrogen and oxygen atoms in total. The molecule has 0 bridgehead atoms. The maximum atomic E-state index is 14.4. The summed E-state index contributed by atoms with van der Waals surface area (Å²) in [5, 5.41) is 3.03. The van der Waals surface area contributed by atoms with Gasteiger partial charge in [-0.1, -0.05) is 36.4 Å². The monoisotopic (exact) mass is 677 g/mol. The van der Waals surface area contributed by atoms with E-state index in [0.717, 1.165) is 62.5 Å². The molecule has 0 unspecified atom stereocenters.